The van der Waals surface area contributed by atoms with E-state index in [0.717, 1.165) is 0 Å². The number of nitrogens with zero attached hydrogens (tertiary/aromatic N) is 1. The molecule has 0 aliphatic rings. The number of rotatable bonds is 4. The van der Waals surface area contributed by atoms with E-state index in [0.29, 0.717) is 17.7 Å². The predicted octanol–water partition coefficient (Wildman–Crippen LogP) is 2.05. The highest BCUT2D eigenvalue weighted by molar-refractivity contribution is 5.94. The van der Waals surface area contributed by atoms with Crippen molar-refractivity contribution in [3.8, 4) is 6.07 Å². The molecule has 1 atom stereocenters. The highest BCUT2D eigenvalue weighted by Gasteiger charge is 2.13. The maximum Gasteiger partial charge on any atom is 0.319 e. The zero-order valence-electron chi connectivity index (χ0n) is 10.4. The number of nitriles is 1. The normalized spacial score (nSPS) is 11.2. The van der Waals surface area contributed by atoms with Gasteiger partial charge < -0.3 is 10.6 Å². The fourth-order valence-electron chi connectivity index (χ4n) is 1.42. The van der Waals surface area contributed by atoms with Crippen molar-refractivity contribution in [2.45, 2.75) is 26.3 Å². The quantitative estimate of drug-likeness (QED) is 0.851. The van der Waals surface area contributed by atoms with Crippen LogP contribution in [0.15, 0.2) is 24.3 Å². The minimum absolute atomic E-state index is 0.0316. The molecule has 5 heteroatoms. The summed E-state index contributed by atoms with van der Waals surface area (Å²) >= 11 is 0. The summed E-state index contributed by atoms with van der Waals surface area (Å²) in [4.78, 5) is 22.9. The molecule has 0 spiro atoms. The lowest BCUT2D eigenvalue weighted by molar-refractivity contribution is -0.120. The SMILES string of the molecule is CCC(=O)C(C)NC(=O)Nc1cccc(C#N)c1. The van der Waals surface area contributed by atoms with Gasteiger partial charge in [-0.05, 0) is 25.1 Å². The predicted molar refractivity (Wildman–Crippen MR) is 68.1 cm³/mol. The Morgan fingerprint density at radius 1 is 1.44 bits per heavy atom. The topological polar surface area (TPSA) is 82.0 Å². The smallest absolute Gasteiger partial charge is 0.319 e. The van der Waals surface area contributed by atoms with Gasteiger partial charge in [0, 0.05) is 12.1 Å². The molecule has 0 saturated heterocycles. The first-order chi connectivity index (χ1) is 8.56. The average molecular weight is 245 g/mol. The van der Waals surface area contributed by atoms with Gasteiger partial charge in [0.05, 0.1) is 17.7 Å². The lowest BCUT2D eigenvalue weighted by Crippen LogP contribution is -2.40. The van der Waals surface area contributed by atoms with E-state index in [-0.39, 0.29) is 5.78 Å². The summed E-state index contributed by atoms with van der Waals surface area (Å²) in [5, 5.41) is 13.8. The molecule has 0 fully saturated rings. The van der Waals surface area contributed by atoms with Crippen LogP contribution in [-0.4, -0.2) is 17.9 Å². The van der Waals surface area contributed by atoms with Crippen LogP contribution in [0.1, 0.15) is 25.8 Å². The number of ketones is 1. The van der Waals surface area contributed by atoms with Crippen molar-refractivity contribution in [3.05, 3.63) is 29.8 Å². The number of urea groups is 1. The van der Waals surface area contributed by atoms with Gasteiger partial charge in [-0.3, -0.25) is 4.79 Å². The summed E-state index contributed by atoms with van der Waals surface area (Å²) in [6.45, 7) is 3.38. The van der Waals surface area contributed by atoms with Crippen molar-refractivity contribution < 1.29 is 9.59 Å². The summed E-state index contributed by atoms with van der Waals surface area (Å²) in [5.41, 5.74) is 0.980. The maximum atomic E-state index is 11.6. The molecule has 1 rings (SSSR count). The molecule has 0 aliphatic heterocycles. The number of nitrogens with one attached hydrogen (secondary N) is 2. The number of Topliss-reactive ketones (excluding diaryl/α,β-unsaturated/α-hetero) is 1. The first-order valence-electron chi connectivity index (χ1n) is 5.67. The molecule has 0 heterocycles. The van der Waals surface area contributed by atoms with Crippen molar-refractivity contribution in [3.63, 3.8) is 0 Å². The molecular weight excluding hydrogens is 230 g/mol. The van der Waals surface area contributed by atoms with Gasteiger partial charge in [-0.1, -0.05) is 13.0 Å². The van der Waals surface area contributed by atoms with Crippen molar-refractivity contribution in [1.29, 1.82) is 5.26 Å². The second-order valence-corrected chi connectivity index (χ2v) is 3.83. The van der Waals surface area contributed by atoms with E-state index >= 15 is 0 Å². The molecule has 1 aromatic carbocycles. The summed E-state index contributed by atoms with van der Waals surface area (Å²) in [6, 6.07) is 7.56. The number of hydrogen-bond donors (Lipinski definition) is 2. The molecule has 0 saturated carbocycles. The third-order valence-corrected chi connectivity index (χ3v) is 2.43. The summed E-state index contributed by atoms with van der Waals surface area (Å²) in [7, 11) is 0. The first-order valence-corrected chi connectivity index (χ1v) is 5.67. The Bertz CT molecular complexity index is 491. The van der Waals surface area contributed by atoms with Crippen molar-refractivity contribution >= 4 is 17.5 Å². The van der Waals surface area contributed by atoms with Crippen molar-refractivity contribution in [2.75, 3.05) is 5.32 Å². The van der Waals surface area contributed by atoms with E-state index < -0.39 is 12.1 Å². The van der Waals surface area contributed by atoms with Gasteiger partial charge in [0.2, 0.25) is 0 Å². The van der Waals surface area contributed by atoms with Crippen LogP contribution in [-0.2, 0) is 4.79 Å². The third-order valence-electron chi connectivity index (χ3n) is 2.43. The van der Waals surface area contributed by atoms with E-state index in [9.17, 15) is 9.59 Å². The Morgan fingerprint density at radius 3 is 2.78 bits per heavy atom. The molecule has 94 valence electrons. The number of carbonyl (C=O) groups is 2. The van der Waals surface area contributed by atoms with Gasteiger partial charge in [0.1, 0.15) is 0 Å². The van der Waals surface area contributed by atoms with Crippen LogP contribution in [0.2, 0.25) is 0 Å². The standard InChI is InChI=1S/C13H15N3O2/c1-3-12(17)9(2)15-13(18)16-11-6-4-5-10(7-11)8-14/h4-7,9H,3H2,1-2H3,(H2,15,16,18). The maximum absolute atomic E-state index is 11.6. The third kappa shape index (κ3) is 3.91. The average Bonchev–Trinajstić information content (AvgIpc) is 2.37. The first kappa shape index (κ1) is 13.7. The molecule has 0 aliphatic carbocycles. The fourth-order valence-corrected chi connectivity index (χ4v) is 1.42. The van der Waals surface area contributed by atoms with E-state index in [2.05, 4.69) is 10.6 Å². The van der Waals surface area contributed by atoms with E-state index in [4.69, 9.17) is 5.26 Å². The van der Waals surface area contributed by atoms with Crippen LogP contribution in [0.25, 0.3) is 0 Å². The van der Waals surface area contributed by atoms with Crippen LogP contribution >= 0.6 is 0 Å². The summed E-state index contributed by atoms with van der Waals surface area (Å²) < 4.78 is 0. The van der Waals surface area contributed by atoms with Crippen molar-refractivity contribution in [1.82, 2.24) is 5.32 Å². The number of hydrogen-bond acceptors (Lipinski definition) is 3. The molecule has 1 aromatic rings. The Morgan fingerprint density at radius 2 is 2.17 bits per heavy atom. The zero-order valence-corrected chi connectivity index (χ0v) is 10.4. The zero-order chi connectivity index (χ0) is 13.5. The molecule has 18 heavy (non-hydrogen) atoms. The highest BCUT2D eigenvalue weighted by Crippen LogP contribution is 2.09. The number of amides is 2. The lowest BCUT2D eigenvalue weighted by Gasteiger charge is -2.12. The minimum atomic E-state index is -0.519. The molecule has 0 radical (unpaired) electrons. The van der Waals surface area contributed by atoms with Crippen LogP contribution < -0.4 is 10.6 Å². The number of anilines is 1. The van der Waals surface area contributed by atoms with Gasteiger partial charge in [-0.2, -0.15) is 5.26 Å². The van der Waals surface area contributed by atoms with E-state index in [1.807, 2.05) is 6.07 Å². The Labute approximate surface area is 106 Å². The Balaban J connectivity index is 2.60. The van der Waals surface area contributed by atoms with Gasteiger partial charge >= 0.3 is 6.03 Å². The second kappa shape index (κ2) is 6.40. The molecule has 2 amide bonds. The fraction of sp³-hybridized carbons (Fsp3) is 0.308. The van der Waals surface area contributed by atoms with E-state index in [1.54, 1.807) is 38.1 Å². The molecule has 5 nitrogen and oxygen atoms in total. The van der Waals surface area contributed by atoms with Crippen LogP contribution in [0, 0.1) is 11.3 Å². The summed E-state index contributed by atoms with van der Waals surface area (Å²) in [6.07, 6.45) is 0.380. The second-order valence-electron chi connectivity index (χ2n) is 3.83. The highest BCUT2D eigenvalue weighted by atomic mass is 16.2. The Hall–Kier alpha value is -2.35. The summed E-state index contributed by atoms with van der Waals surface area (Å²) in [5.74, 6) is -0.0316. The molecule has 0 bridgehead atoms. The molecule has 1 unspecified atom stereocenters. The Kier molecular flexibility index (Phi) is 4.88. The van der Waals surface area contributed by atoms with Gasteiger partial charge in [0.25, 0.3) is 0 Å². The lowest BCUT2D eigenvalue weighted by atomic mass is 10.2. The minimum Gasteiger partial charge on any atom is -0.328 e. The number of benzene rings is 1. The van der Waals surface area contributed by atoms with Gasteiger partial charge in [-0.25, -0.2) is 4.79 Å². The molecule has 2 N–H and O–H groups in total. The largest absolute Gasteiger partial charge is 0.328 e. The van der Waals surface area contributed by atoms with Crippen molar-refractivity contribution in [2.24, 2.45) is 0 Å². The number of carbonyl (C=O) groups excluding carboxylic acids is 2. The monoisotopic (exact) mass is 245 g/mol. The van der Waals surface area contributed by atoms with Crippen LogP contribution in [0.5, 0.6) is 0 Å². The molecule has 0 aromatic heterocycles. The van der Waals surface area contributed by atoms with Crippen LogP contribution in [0.3, 0.4) is 0 Å². The van der Waals surface area contributed by atoms with Crippen LogP contribution in [0.4, 0.5) is 10.5 Å². The van der Waals surface area contributed by atoms with Gasteiger partial charge in [-0.15, -0.1) is 0 Å². The molecular formula is C13H15N3O2. The van der Waals surface area contributed by atoms with Gasteiger partial charge in [0.15, 0.2) is 5.78 Å². The van der Waals surface area contributed by atoms with E-state index in [1.165, 1.54) is 0 Å².